The molecule has 0 aliphatic heterocycles. The highest BCUT2D eigenvalue weighted by Gasteiger charge is 2.11. The third-order valence-corrected chi connectivity index (χ3v) is 2.44. The van der Waals surface area contributed by atoms with E-state index in [1.807, 2.05) is 30.3 Å². The first-order valence-electron chi connectivity index (χ1n) is 4.71. The molecule has 2 aromatic rings. The Morgan fingerprint density at radius 2 is 1.62 bits per heavy atom. The van der Waals surface area contributed by atoms with Crippen LogP contribution in [0.2, 0.25) is 0 Å². The molecule has 0 saturated heterocycles. The van der Waals surface area contributed by atoms with Gasteiger partial charge in [0.2, 0.25) is 0 Å². The Balaban J connectivity index is 2.97. The lowest BCUT2D eigenvalue weighted by molar-refractivity contribution is 0.418. The first kappa shape index (κ1) is 10.0. The van der Waals surface area contributed by atoms with Crippen LogP contribution >= 0.6 is 0 Å². The molecular formula is C13H8N2O. The summed E-state index contributed by atoms with van der Waals surface area (Å²) in [7, 11) is 1.52. The van der Waals surface area contributed by atoms with Crippen molar-refractivity contribution in [3.05, 3.63) is 41.5 Å². The minimum atomic E-state index is 0.387. The number of fused-ring (bicyclic) bond motifs is 1. The minimum Gasteiger partial charge on any atom is -0.495 e. The van der Waals surface area contributed by atoms with Crippen LogP contribution in [0.5, 0.6) is 5.75 Å². The van der Waals surface area contributed by atoms with E-state index in [0.29, 0.717) is 16.9 Å². The van der Waals surface area contributed by atoms with Crippen LogP contribution in [-0.4, -0.2) is 7.11 Å². The van der Waals surface area contributed by atoms with Gasteiger partial charge >= 0.3 is 0 Å². The number of rotatable bonds is 1. The molecule has 0 atom stereocenters. The summed E-state index contributed by atoms with van der Waals surface area (Å²) >= 11 is 0. The molecule has 3 heteroatoms. The Morgan fingerprint density at radius 3 is 2.19 bits per heavy atom. The molecule has 0 radical (unpaired) electrons. The number of benzene rings is 2. The Morgan fingerprint density at radius 1 is 1.00 bits per heavy atom. The number of methoxy groups -OCH3 is 1. The molecule has 0 aromatic heterocycles. The standard InChI is InChI=1S/C13H8N2O/c1-16-13-10(8-15)6-9(7-14)11-4-2-3-5-12(11)13/h2-6H,1H3. The van der Waals surface area contributed by atoms with Crippen LogP contribution in [0.25, 0.3) is 10.8 Å². The maximum atomic E-state index is 9.02. The average Bonchev–Trinajstić information content (AvgIpc) is 2.36. The zero-order chi connectivity index (χ0) is 11.5. The van der Waals surface area contributed by atoms with E-state index in [0.717, 1.165) is 10.8 Å². The van der Waals surface area contributed by atoms with Crippen molar-refractivity contribution in [2.75, 3.05) is 7.11 Å². The molecular weight excluding hydrogens is 200 g/mol. The quantitative estimate of drug-likeness (QED) is 0.723. The fourth-order valence-electron chi connectivity index (χ4n) is 1.74. The summed E-state index contributed by atoms with van der Waals surface area (Å²) in [5.41, 5.74) is 0.880. The fourth-order valence-corrected chi connectivity index (χ4v) is 1.74. The summed E-state index contributed by atoms with van der Waals surface area (Å²) in [6, 6.07) is 13.1. The van der Waals surface area contributed by atoms with Gasteiger partial charge in [-0.1, -0.05) is 24.3 Å². The van der Waals surface area contributed by atoms with Gasteiger partial charge in [0.25, 0.3) is 0 Å². The van der Waals surface area contributed by atoms with Crippen molar-refractivity contribution < 1.29 is 4.74 Å². The molecule has 0 spiro atoms. The molecule has 0 aliphatic rings. The van der Waals surface area contributed by atoms with Crippen LogP contribution in [0.3, 0.4) is 0 Å². The van der Waals surface area contributed by atoms with Crippen LogP contribution in [0.15, 0.2) is 30.3 Å². The summed E-state index contributed by atoms with van der Waals surface area (Å²) in [5.74, 6) is 0.525. The molecule has 0 heterocycles. The van der Waals surface area contributed by atoms with E-state index in [4.69, 9.17) is 15.3 Å². The van der Waals surface area contributed by atoms with E-state index in [1.54, 1.807) is 6.07 Å². The lowest BCUT2D eigenvalue weighted by Gasteiger charge is -2.08. The molecule has 0 amide bonds. The highest BCUT2D eigenvalue weighted by molar-refractivity contribution is 5.94. The Hall–Kier alpha value is -2.52. The molecule has 3 nitrogen and oxygen atoms in total. The van der Waals surface area contributed by atoms with Gasteiger partial charge in [-0.2, -0.15) is 10.5 Å². The van der Waals surface area contributed by atoms with Crippen LogP contribution in [0, 0.1) is 22.7 Å². The Kier molecular flexibility index (Phi) is 2.45. The lowest BCUT2D eigenvalue weighted by Crippen LogP contribution is -1.92. The second kappa shape index (κ2) is 3.92. The first-order chi connectivity index (χ1) is 7.81. The van der Waals surface area contributed by atoms with Gasteiger partial charge in [-0.3, -0.25) is 0 Å². The van der Waals surface area contributed by atoms with Crippen LogP contribution in [0.1, 0.15) is 11.1 Å². The third kappa shape index (κ3) is 1.36. The summed E-state index contributed by atoms with van der Waals surface area (Å²) in [6.07, 6.45) is 0. The average molecular weight is 208 g/mol. The van der Waals surface area contributed by atoms with Gasteiger partial charge in [0.15, 0.2) is 0 Å². The normalized spacial score (nSPS) is 9.44. The van der Waals surface area contributed by atoms with E-state index in [1.165, 1.54) is 7.11 Å². The summed E-state index contributed by atoms with van der Waals surface area (Å²) < 4.78 is 5.22. The van der Waals surface area contributed by atoms with E-state index in [9.17, 15) is 0 Å². The number of nitrogens with zero attached hydrogens (tertiary/aromatic N) is 2. The zero-order valence-corrected chi connectivity index (χ0v) is 8.69. The van der Waals surface area contributed by atoms with Crippen molar-refractivity contribution in [1.29, 1.82) is 10.5 Å². The van der Waals surface area contributed by atoms with Crippen molar-refractivity contribution in [3.8, 4) is 17.9 Å². The molecule has 76 valence electrons. The van der Waals surface area contributed by atoms with Crippen molar-refractivity contribution in [2.45, 2.75) is 0 Å². The zero-order valence-electron chi connectivity index (χ0n) is 8.69. The molecule has 0 fully saturated rings. The predicted molar refractivity (Wildman–Crippen MR) is 59.9 cm³/mol. The summed E-state index contributed by atoms with van der Waals surface area (Å²) in [4.78, 5) is 0. The van der Waals surface area contributed by atoms with Crippen LogP contribution < -0.4 is 4.74 Å². The van der Waals surface area contributed by atoms with Crippen molar-refractivity contribution in [1.82, 2.24) is 0 Å². The number of ether oxygens (including phenoxy) is 1. The first-order valence-corrected chi connectivity index (χ1v) is 4.71. The van der Waals surface area contributed by atoms with E-state index in [-0.39, 0.29) is 0 Å². The van der Waals surface area contributed by atoms with Gasteiger partial charge in [0.1, 0.15) is 11.8 Å². The highest BCUT2D eigenvalue weighted by atomic mass is 16.5. The second-order valence-corrected chi connectivity index (χ2v) is 3.27. The Labute approximate surface area is 93.1 Å². The molecule has 0 saturated carbocycles. The van der Waals surface area contributed by atoms with Crippen LogP contribution in [-0.2, 0) is 0 Å². The van der Waals surface area contributed by atoms with Gasteiger partial charge in [0, 0.05) is 10.8 Å². The molecule has 2 rings (SSSR count). The monoisotopic (exact) mass is 208 g/mol. The predicted octanol–water partition coefficient (Wildman–Crippen LogP) is 2.59. The third-order valence-electron chi connectivity index (χ3n) is 2.44. The molecule has 0 bridgehead atoms. The summed E-state index contributed by atoms with van der Waals surface area (Å²) in [6.45, 7) is 0. The topological polar surface area (TPSA) is 56.8 Å². The smallest absolute Gasteiger partial charge is 0.144 e. The second-order valence-electron chi connectivity index (χ2n) is 3.27. The maximum Gasteiger partial charge on any atom is 0.144 e. The van der Waals surface area contributed by atoms with E-state index >= 15 is 0 Å². The van der Waals surface area contributed by atoms with Gasteiger partial charge in [-0.25, -0.2) is 0 Å². The van der Waals surface area contributed by atoms with Crippen LogP contribution in [0.4, 0.5) is 0 Å². The van der Waals surface area contributed by atoms with Gasteiger partial charge < -0.3 is 4.74 Å². The van der Waals surface area contributed by atoms with Crippen molar-refractivity contribution >= 4 is 10.8 Å². The van der Waals surface area contributed by atoms with Gasteiger partial charge in [0.05, 0.1) is 24.3 Å². The van der Waals surface area contributed by atoms with Gasteiger partial charge in [-0.15, -0.1) is 0 Å². The van der Waals surface area contributed by atoms with E-state index in [2.05, 4.69) is 6.07 Å². The molecule has 16 heavy (non-hydrogen) atoms. The molecule has 0 N–H and O–H groups in total. The molecule has 2 aromatic carbocycles. The van der Waals surface area contributed by atoms with E-state index < -0.39 is 0 Å². The fraction of sp³-hybridized carbons (Fsp3) is 0.0769. The van der Waals surface area contributed by atoms with Crippen molar-refractivity contribution in [2.24, 2.45) is 0 Å². The highest BCUT2D eigenvalue weighted by Crippen LogP contribution is 2.31. The largest absolute Gasteiger partial charge is 0.495 e. The maximum absolute atomic E-state index is 9.02. The lowest BCUT2D eigenvalue weighted by atomic mass is 10.0. The molecule has 0 unspecified atom stereocenters. The van der Waals surface area contributed by atoms with Gasteiger partial charge in [-0.05, 0) is 6.07 Å². The SMILES string of the molecule is COc1c(C#N)cc(C#N)c2ccccc12. The minimum absolute atomic E-state index is 0.387. The Bertz CT molecular complexity index is 633. The number of nitriles is 2. The number of hydrogen-bond acceptors (Lipinski definition) is 3. The van der Waals surface area contributed by atoms with Crippen molar-refractivity contribution in [3.63, 3.8) is 0 Å². The summed E-state index contributed by atoms with van der Waals surface area (Å²) in [5, 5.41) is 19.6. The molecule has 0 aliphatic carbocycles. The number of hydrogen-bond donors (Lipinski definition) is 0.